The number of hydrogen-bond donors (Lipinski definition) is 1. The second-order valence-electron chi connectivity index (χ2n) is 6.88. The normalized spacial score (nSPS) is 10.7. The molecule has 1 N–H and O–H groups in total. The molecule has 1 aromatic heterocycles. The molecule has 0 aliphatic heterocycles. The molecule has 0 spiro atoms. The number of amides is 1. The fourth-order valence-corrected chi connectivity index (χ4v) is 4.16. The molecule has 0 unspecified atom stereocenters. The van der Waals surface area contributed by atoms with Gasteiger partial charge in [-0.3, -0.25) is 14.9 Å². The number of aromatic nitrogens is 3. The average Bonchev–Trinajstić information content (AvgIpc) is 3.22. The van der Waals surface area contributed by atoms with Crippen molar-refractivity contribution in [2.45, 2.75) is 32.5 Å². The van der Waals surface area contributed by atoms with E-state index < -0.39 is 4.92 Å². The number of nitrogens with one attached hydrogen (secondary N) is 1. The van der Waals surface area contributed by atoms with Crippen molar-refractivity contribution in [2.24, 2.45) is 0 Å². The summed E-state index contributed by atoms with van der Waals surface area (Å²) in [5.41, 5.74) is 2.14. The number of nitro groups is 1. The average molecular weight is 455 g/mol. The summed E-state index contributed by atoms with van der Waals surface area (Å²) < 4.78 is 1.95. The van der Waals surface area contributed by atoms with Gasteiger partial charge < -0.3 is 14.8 Å². The number of carbonyl (C=O) groups is 1. The summed E-state index contributed by atoms with van der Waals surface area (Å²) in [7, 11) is 0. The fraction of sp³-hybridized carbons (Fsp3) is 0.318. The van der Waals surface area contributed by atoms with Gasteiger partial charge in [-0.05, 0) is 51.1 Å². The lowest BCUT2D eigenvalue weighted by molar-refractivity contribution is -0.383. The van der Waals surface area contributed by atoms with E-state index in [1.807, 2.05) is 23.6 Å². The van der Waals surface area contributed by atoms with E-state index in [4.69, 9.17) is 0 Å². The molecule has 0 aliphatic carbocycles. The van der Waals surface area contributed by atoms with E-state index in [9.17, 15) is 14.9 Å². The highest BCUT2D eigenvalue weighted by atomic mass is 32.2. The van der Waals surface area contributed by atoms with E-state index in [0.717, 1.165) is 30.2 Å². The van der Waals surface area contributed by atoms with Gasteiger partial charge in [0.2, 0.25) is 5.91 Å². The molecule has 0 saturated heterocycles. The number of benzene rings is 2. The molecule has 168 valence electrons. The molecule has 0 saturated carbocycles. The number of nitro benzene ring substituents is 1. The SMILES string of the molecule is CCN(CC)c1ccc(-c2nnc(SCC(=O)Nc3ccccc3[N+](=O)[O-])n2CC)cc1. The number of thioether (sulfide) groups is 1. The standard InChI is InChI=1S/C22H26N6O3S/c1-4-26(5-2)17-13-11-16(12-14-17)21-24-25-22(27(21)6-3)32-15-20(29)23-18-9-7-8-10-19(18)28(30)31/h7-14H,4-6,15H2,1-3H3,(H,23,29). The predicted octanol–water partition coefficient (Wildman–Crippen LogP) is 4.45. The van der Waals surface area contributed by atoms with E-state index in [-0.39, 0.29) is 23.0 Å². The maximum Gasteiger partial charge on any atom is 0.292 e. The topological polar surface area (TPSA) is 106 Å². The number of rotatable bonds is 10. The maximum atomic E-state index is 12.4. The predicted molar refractivity (Wildman–Crippen MR) is 127 cm³/mol. The number of carbonyl (C=O) groups excluding carboxylic acids is 1. The van der Waals surface area contributed by atoms with Crippen LogP contribution >= 0.6 is 11.8 Å². The first-order valence-corrected chi connectivity index (χ1v) is 11.4. The quantitative estimate of drug-likeness (QED) is 0.274. The molecule has 3 aromatic rings. The molecule has 2 aromatic carbocycles. The third kappa shape index (κ3) is 5.25. The Hall–Kier alpha value is -3.40. The van der Waals surface area contributed by atoms with E-state index in [0.29, 0.717) is 11.7 Å². The zero-order valence-corrected chi connectivity index (χ0v) is 19.1. The third-order valence-corrected chi connectivity index (χ3v) is 5.96. The second kappa shape index (κ2) is 10.8. The maximum absolute atomic E-state index is 12.4. The van der Waals surface area contributed by atoms with Crippen LogP contribution < -0.4 is 10.2 Å². The Kier molecular flexibility index (Phi) is 7.82. The number of nitrogens with zero attached hydrogens (tertiary/aromatic N) is 5. The van der Waals surface area contributed by atoms with Crippen molar-refractivity contribution >= 4 is 34.7 Å². The Morgan fingerprint density at radius 1 is 1.09 bits per heavy atom. The van der Waals surface area contributed by atoms with Crippen molar-refractivity contribution in [1.29, 1.82) is 0 Å². The van der Waals surface area contributed by atoms with Crippen LogP contribution in [0, 0.1) is 10.1 Å². The minimum atomic E-state index is -0.520. The van der Waals surface area contributed by atoms with Crippen molar-refractivity contribution < 1.29 is 9.72 Å². The summed E-state index contributed by atoms with van der Waals surface area (Å²) in [5, 5.41) is 22.9. The van der Waals surface area contributed by atoms with Gasteiger partial charge in [-0.25, -0.2) is 0 Å². The minimum absolute atomic E-state index is 0.0606. The Labute approximate surface area is 191 Å². The van der Waals surface area contributed by atoms with Crippen LogP contribution in [-0.4, -0.2) is 44.4 Å². The first kappa shape index (κ1) is 23.3. The first-order chi connectivity index (χ1) is 15.5. The molecule has 0 radical (unpaired) electrons. The molecular weight excluding hydrogens is 428 g/mol. The zero-order valence-electron chi connectivity index (χ0n) is 18.3. The molecule has 3 rings (SSSR count). The van der Waals surface area contributed by atoms with Gasteiger partial charge in [0.05, 0.1) is 10.7 Å². The largest absolute Gasteiger partial charge is 0.372 e. The van der Waals surface area contributed by atoms with Gasteiger partial charge in [0, 0.05) is 37.0 Å². The van der Waals surface area contributed by atoms with Gasteiger partial charge in [0.25, 0.3) is 5.69 Å². The van der Waals surface area contributed by atoms with Crippen LogP contribution in [-0.2, 0) is 11.3 Å². The summed E-state index contributed by atoms with van der Waals surface area (Å²) in [6.45, 7) is 8.77. The Morgan fingerprint density at radius 3 is 2.41 bits per heavy atom. The summed E-state index contributed by atoms with van der Waals surface area (Å²) in [6.07, 6.45) is 0. The van der Waals surface area contributed by atoms with E-state index in [2.05, 4.69) is 46.4 Å². The van der Waals surface area contributed by atoms with Crippen LogP contribution in [0.2, 0.25) is 0 Å². The van der Waals surface area contributed by atoms with Crippen LogP contribution in [0.4, 0.5) is 17.1 Å². The highest BCUT2D eigenvalue weighted by Gasteiger charge is 2.17. The van der Waals surface area contributed by atoms with Gasteiger partial charge in [0.1, 0.15) is 5.69 Å². The van der Waals surface area contributed by atoms with Crippen molar-refractivity contribution in [2.75, 3.05) is 29.1 Å². The van der Waals surface area contributed by atoms with Crippen molar-refractivity contribution in [1.82, 2.24) is 14.8 Å². The lowest BCUT2D eigenvalue weighted by Gasteiger charge is -2.21. The lowest BCUT2D eigenvalue weighted by Crippen LogP contribution is -2.21. The van der Waals surface area contributed by atoms with Gasteiger partial charge in [-0.1, -0.05) is 23.9 Å². The number of anilines is 2. The number of para-hydroxylation sites is 2. The van der Waals surface area contributed by atoms with Crippen LogP contribution in [0.5, 0.6) is 0 Å². The summed E-state index contributed by atoms with van der Waals surface area (Å²) in [4.78, 5) is 25.2. The van der Waals surface area contributed by atoms with E-state index in [1.54, 1.807) is 12.1 Å². The molecule has 0 fully saturated rings. The molecular formula is C22H26N6O3S. The summed E-state index contributed by atoms with van der Waals surface area (Å²) in [5.74, 6) is 0.450. The smallest absolute Gasteiger partial charge is 0.292 e. The molecule has 0 bridgehead atoms. The van der Waals surface area contributed by atoms with Crippen LogP contribution in [0.15, 0.2) is 53.7 Å². The molecule has 10 heteroatoms. The van der Waals surface area contributed by atoms with Crippen LogP contribution in [0.25, 0.3) is 11.4 Å². The summed E-state index contributed by atoms with van der Waals surface area (Å²) >= 11 is 1.24. The fourth-order valence-electron chi connectivity index (χ4n) is 3.36. The van der Waals surface area contributed by atoms with E-state index >= 15 is 0 Å². The number of hydrogen-bond acceptors (Lipinski definition) is 7. The Bertz CT molecular complexity index is 1080. The van der Waals surface area contributed by atoms with Gasteiger partial charge >= 0.3 is 0 Å². The zero-order chi connectivity index (χ0) is 23.1. The summed E-state index contributed by atoms with van der Waals surface area (Å²) in [6, 6.07) is 14.3. The van der Waals surface area contributed by atoms with Crippen molar-refractivity contribution in [3.63, 3.8) is 0 Å². The molecule has 0 aliphatic rings. The monoisotopic (exact) mass is 454 g/mol. The van der Waals surface area contributed by atoms with E-state index in [1.165, 1.54) is 23.9 Å². The van der Waals surface area contributed by atoms with Crippen LogP contribution in [0.3, 0.4) is 0 Å². The second-order valence-corrected chi connectivity index (χ2v) is 7.82. The Balaban J connectivity index is 1.70. The van der Waals surface area contributed by atoms with Crippen molar-refractivity contribution in [3.8, 4) is 11.4 Å². The lowest BCUT2D eigenvalue weighted by atomic mass is 10.2. The molecule has 1 heterocycles. The highest BCUT2D eigenvalue weighted by molar-refractivity contribution is 7.99. The minimum Gasteiger partial charge on any atom is -0.372 e. The van der Waals surface area contributed by atoms with Gasteiger partial charge in [0.15, 0.2) is 11.0 Å². The Morgan fingerprint density at radius 2 is 1.78 bits per heavy atom. The molecule has 9 nitrogen and oxygen atoms in total. The first-order valence-electron chi connectivity index (χ1n) is 10.4. The van der Waals surface area contributed by atoms with Gasteiger partial charge in [-0.15, -0.1) is 10.2 Å². The van der Waals surface area contributed by atoms with Gasteiger partial charge in [-0.2, -0.15) is 0 Å². The third-order valence-electron chi connectivity index (χ3n) is 4.99. The molecule has 32 heavy (non-hydrogen) atoms. The van der Waals surface area contributed by atoms with Crippen molar-refractivity contribution in [3.05, 3.63) is 58.6 Å². The van der Waals surface area contributed by atoms with Crippen LogP contribution in [0.1, 0.15) is 20.8 Å². The highest BCUT2D eigenvalue weighted by Crippen LogP contribution is 2.27. The molecule has 0 atom stereocenters. The molecule has 1 amide bonds.